The summed E-state index contributed by atoms with van der Waals surface area (Å²) in [5.74, 6) is 0.863. The molecule has 5 heteroatoms. The highest BCUT2D eigenvalue weighted by Gasteiger charge is 2.31. The fourth-order valence-corrected chi connectivity index (χ4v) is 3.84. The topological polar surface area (TPSA) is 58.6 Å². The monoisotopic (exact) mass is 328 g/mol. The number of amides is 2. The van der Waals surface area contributed by atoms with E-state index in [2.05, 4.69) is 5.32 Å². The van der Waals surface area contributed by atoms with Gasteiger partial charge >= 0.3 is 0 Å². The molecule has 1 aromatic carbocycles. The van der Waals surface area contributed by atoms with Crippen LogP contribution in [-0.2, 0) is 4.79 Å². The predicted octanol–water partition coefficient (Wildman–Crippen LogP) is 3.20. The Bertz CT molecular complexity index is 654. The van der Waals surface area contributed by atoms with Crippen LogP contribution >= 0.6 is 0 Å². The van der Waals surface area contributed by atoms with E-state index < -0.39 is 0 Å². The second-order valence-electron chi connectivity index (χ2n) is 7.11. The molecule has 1 N–H and O–H groups in total. The lowest BCUT2D eigenvalue weighted by atomic mass is 9.85. The Morgan fingerprint density at radius 2 is 2.00 bits per heavy atom. The molecule has 2 heterocycles. The van der Waals surface area contributed by atoms with Crippen LogP contribution in [0.1, 0.15) is 55.3 Å². The van der Waals surface area contributed by atoms with Crippen molar-refractivity contribution in [1.29, 1.82) is 0 Å². The summed E-state index contributed by atoms with van der Waals surface area (Å²) in [4.78, 5) is 27.2. The van der Waals surface area contributed by atoms with Crippen molar-refractivity contribution in [1.82, 2.24) is 4.90 Å². The summed E-state index contributed by atoms with van der Waals surface area (Å²) in [5, 5.41) is 2.96. The summed E-state index contributed by atoms with van der Waals surface area (Å²) in [6.07, 6.45) is 7.26. The lowest BCUT2D eigenvalue weighted by molar-refractivity contribution is -0.122. The van der Waals surface area contributed by atoms with Gasteiger partial charge in [-0.3, -0.25) is 9.59 Å². The zero-order chi connectivity index (χ0) is 16.5. The van der Waals surface area contributed by atoms with Gasteiger partial charge in [0.2, 0.25) is 5.91 Å². The maximum absolute atomic E-state index is 13.0. The van der Waals surface area contributed by atoms with Gasteiger partial charge < -0.3 is 15.0 Å². The number of rotatable bonds is 2. The van der Waals surface area contributed by atoms with E-state index in [1.807, 2.05) is 17.0 Å². The van der Waals surface area contributed by atoms with Crippen molar-refractivity contribution >= 4 is 17.5 Å². The van der Waals surface area contributed by atoms with Gasteiger partial charge in [-0.25, -0.2) is 0 Å². The van der Waals surface area contributed by atoms with Crippen LogP contribution in [0.25, 0.3) is 0 Å². The lowest BCUT2D eigenvalue weighted by Gasteiger charge is -2.37. The number of fused-ring (bicyclic) bond motifs is 2. The van der Waals surface area contributed by atoms with Crippen LogP contribution in [0.5, 0.6) is 5.75 Å². The molecule has 1 saturated heterocycles. The number of nitrogens with zero attached hydrogens (tertiary/aromatic N) is 1. The Morgan fingerprint density at radius 1 is 1.12 bits per heavy atom. The molecular weight excluding hydrogens is 304 g/mol. The summed E-state index contributed by atoms with van der Waals surface area (Å²) < 4.78 is 5.83. The third kappa shape index (κ3) is 2.87. The first-order valence-corrected chi connectivity index (χ1v) is 9.11. The van der Waals surface area contributed by atoms with Crippen molar-refractivity contribution in [2.24, 2.45) is 5.92 Å². The highest BCUT2D eigenvalue weighted by molar-refractivity contribution is 6.00. The molecule has 24 heavy (non-hydrogen) atoms. The maximum Gasteiger partial charge on any atom is 0.257 e. The van der Waals surface area contributed by atoms with Crippen molar-refractivity contribution in [2.75, 3.05) is 18.5 Å². The summed E-state index contributed by atoms with van der Waals surface area (Å²) in [6.45, 7) is 1.46. The van der Waals surface area contributed by atoms with E-state index in [1.54, 1.807) is 6.07 Å². The largest absolute Gasteiger partial charge is 0.493 e. The lowest BCUT2D eigenvalue weighted by Crippen LogP contribution is -2.45. The van der Waals surface area contributed by atoms with Gasteiger partial charge in [-0.1, -0.05) is 6.42 Å². The molecule has 2 aliphatic heterocycles. The summed E-state index contributed by atoms with van der Waals surface area (Å²) >= 11 is 0. The molecule has 1 aliphatic carbocycles. The van der Waals surface area contributed by atoms with Gasteiger partial charge in [-0.05, 0) is 50.3 Å². The molecule has 0 aromatic heterocycles. The van der Waals surface area contributed by atoms with E-state index in [0.29, 0.717) is 23.6 Å². The minimum Gasteiger partial charge on any atom is -0.493 e. The second-order valence-corrected chi connectivity index (χ2v) is 7.11. The molecule has 2 fully saturated rings. The van der Waals surface area contributed by atoms with Crippen LogP contribution < -0.4 is 10.1 Å². The molecule has 1 unspecified atom stereocenters. The third-order valence-electron chi connectivity index (χ3n) is 5.55. The van der Waals surface area contributed by atoms with Gasteiger partial charge in [0.05, 0.1) is 12.2 Å². The average Bonchev–Trinajstić information content (AvgIpc) is 2.53. The number of piperidine rings is 1. The second kappa shape index (κ2) is 6.46. The van der Waals surface area contributed by atoms with Crippen LogP contribution in [-0.4, -0.2) is 35.9 Å². The van der Waals surface area contributed by atoms with Gasteiger partial charge in [-0.15, -0.1) is 0 Å². The number of hydrogen-bond donors (Lipinski definition) is 1. The SMILES string of the molecule is O=C(Nc1ccc2c(c1)C(=O)N1CCCCC1CCO2)C1CCC1. The van der Waals surface area contributed by atoms with Gasteiger partial charge in [0.15, 0.2) is 0 Å². The molecule has 1 atom stereocenters. The molecule has 2 amide bonds. The summed E-state index contributed by atoms with van der Waals surface area (Å²) in [7, 11) is 0. The van der Waals surface area contributed by atoms with Gasteiger partial charge in [-0.2, -0.15) is 0 Å². The van der Waals surface area contributed by atoms with E-state index in [9.17, 15) is 9.59 Å². The van der Waals surface area contributed by atoms with E-state index in [4.69, 9.17) is 4.74 Å². The molecular formula is C19H24N2O3. The minimum atomic E-state index is 0.0362. The van der Waals surface area contributed by atoms with E-state index in [1.165, 1.54) is 6.42 Å². The minimum absolute atomic E-state index is 0.0362. The fraction of sp³-hybridized carbons (Fsp3) is 0.579. The molecule has 0 spiro atoms. The molecule has 0 bridgehead atoms. The Balaban J connectivity index is 1.58. The first-order valence-electron chi connectivity index (χ1n) is 9.11. The average molecular weight is 328 g/mol. The summed E-state index contributed by atoms with van der Waals surface area (Å²) in [5.41, 5.74) is 1.27. The summed E-state index contributed by atoms with van der Waals surface area (Å²) in [6, 6.07) is 5.71. The van der Waals surface area contributed by atoms with Crippen LogP contribution in [0.3, 0.4) is 0 Å². The van der Waals surface area contributed by atoms with Crippen LogP contribution in [0, 0.1) is 5.92 Å². The van der Waals surface area contributed by atoms with E-state index in [-0.39, 0.29) is 23.8 Å². The van der Waals surface area contributed by atoms with Crippen LogP contribution in [0.15, 0.2) is 18.2 Å². The van der Waals surface area contributed by atoms with Gasteiger partial charge in [0.1, 0.15) is 5.75 Å². The normalized spacial score (nSPS) is 23.9. The van der Waals surface area contributed by atoms with Crippen molar-refractivity contribution in [3.8, 4) is 5.75 Å². The molecule has 1 aromatic rings. The molecule has 128 valence electrons. The fourth-order valence-electron chi connectivity index (χ4n) is 3.84. The van der Waals surface area contributed by atoms with Crippen LogP contribution in [0.2, 0.25) is 0 Å². The Hall–Kier alpha value is -2.04. The van der Waals surface area contributed by atoms with E-state index >= 15 is 0 Å². The molecule has 5 nitrogen and oxygen atoms in total. The number of ether oxygens (including phenoxy) is 1. The van der Waals surface area contributed by atoms with Crippen molar-refractivity contribution in [2.45, 2.75) is 51.0 Å². The van der Waals surface area contributed by atoms with Gasteiger partial charge in [0.25, 0.3) is 5.91 Å². The Morgan fingerprint density at radius 3 is 2.79 bits per heavy atom. The van der Waals surface area contributed by atoms with Gasteiger partial charge in [0, 0.05) is 30.6 Å². The number of benzene rings is 1. The molecule has 4 rings (SSSR count). The molecule has 0 radical (unpaired) electrons. The zero-order valence-electron chi connectivity index (χ0n) is 13.9. The third-order valence-corrected chi connectivity index (χ3v) is 5.55. The highest BCUT2D eigenvalue weighted by Crippen LogP contribution is 2.32. The number of hydrogen-bond acceptors (Lipinski definition) is 3. The number of anilines is 1. The number of nitrogens with one attached hydrogen (secondary N) is 1. The molecule has 1 saturated carbocycles. The Labute approximate surface area is 142 Å². The van der Waals surface area contributed by atoms with Crippen LogP contribution in [0.4, 0.5) is 5.69 Å². The van der Waals surface area contributed by atoms with E-state index in [0.717, 1.165) is 45.1 Å². The Kier molecular flexibility index (Phi) is 4.17. The predicted molar refractivity (Wildman–Crippen MR) is 91.2 cm³/mol. The van der Waals surface area contributed by atoms with Crippen molar-refractivity contribution in [3.63, 3.8) is 0 Å². The quantitative estimate of drug-likeness (QED) is 0.907. The first-order chi connectivity index (χ1) is 11.7. The molecule has 3 aliphatic rings. The number of carbonyl (C=O) groups is 2. The van der Waals surface area contributed by atoms with Crippen molar-refractivity contribution in [3.05, 3.63) is 23.8 Å². The zero-order valence-corrected chi connectivity index (χ0v) is 13.9. The van der Waals surface area contributed by atoms with Crippen molar-refractivity contribution < 1.29 is 14.3 Å². The maximum atomic E-state index is 13.0. The number of carbonyl (C=O) groups excluding carboxylic acids is 2. The smallest absolute Gasteiger partial charge is 0.257 e. The standard InChI is InChI=1S/C19H24N2O3/c22-18(13-4-3-5-13)20-14-7-8-17-16(12-14)19(23)21-10-2-1-6-15(21)9-11-24-17/h7-8,12-13,15H,1-6,9-11H2,(H,20,22). The first kappa shape index (κ1) is 15.5. The highest BCUT2D eigenvalue weighted by atomic mass is 16.5.